The normalized spacial score (nSPS) is 21.1. The molecule has 5 nitrogen and oxygen atoms in total. The fourth-order valence-electron chi connectivity index (χ4n) is 7.42. The van der Waals surface area contributed by atoms with E-state index in [-0.39, 0.29) is 18.0 Å². The monoisotopic (exact) mass is 532 g/mol. The predicted octanol–water partition coefficient (Wildman–Crippen LogP) is 6.90. The van der Waals surface area contributed by atoms with E-state index in [0.717, 1.165) is 51.9 Å². The van der Waals surface area contributed by atoms with Crippen molar-refractivity contribution in [3.8, 4) is 11.1 Å². The summed E-state index contributed by atoms with van der Waals surface area (Å²) in [5.74, 6) is 0.705. The summed E-state index contributed by atoms with van der Waals surface area (Å²) in [5.41, 5.74) is 7.58. The van der Waals surface area contributed by atoms with E-state index >= 15 is 0 Å². The first-order valence-electron chi connectivity index (χ1n) is 15.3. The van der Waals surface area contributed by atoms with Crippen LogP contribution in [0.1, 0.15) is 44.1 Å². The van der Waals surface area contributed by atoms with Crippen molar-refractivity contribution < 1.29 is 4.79 Å². The molecular weight excluding hydrogens is 492 g/mol. The average molecular weight is 533 g/mol. The Balaban J connectivity index is 1.11. The number of Topliss-reactive ketones (excluding diaryl/α,β-unsaturated/α-hetero) is 1. The molecule has 4 aromatic rings. The Morgan fingerprint density at radius 3 is 2.45 bits per heavy atom. The minimum atomic E-state index is -0.0600. The number of aryl methyl sites for hydroxylation is 1. The molecule has 0 amide bonds. The Kier molecular flexibility index (Phi) is 7.07. The SMILES string of the molecule is O=C(C1CCCCC1)C(C1CCc2cc(-c3ccccc3)ccc2N1)N1CCN(c2cccc3[nH]ccc23)CC1. The molecule has 3 aromatic carbocycles. The number of ketones is 1. The van der Waals surface area contributed by atoms with Gasteiger partial charge < -0.3 is 15.2 Å². The van der Waals surface area contributed by atoms with Crippen LogP contribution >= 0.6 is 0 Å². The third-order valence-electron chi connectivity index (χ3n) is 9.58. The maximum absolute atomic E-state index is 14.2. The highest BCUT2D eigenvalue weighted by molar-refractivity contribution is 5.92. The number of carbonyl (C=O) groups excluding carboxylic acids is 1. The number of piperazine rings is 1. The van der Waals surface area contributed by atoms with Crippen molar-refractivity contribution in [3.05, 3.63) is 84.6 Å². The number of carbonyl (C=O) groups is 1. The summed E-state index contributed by atoms with van der Waals surface area (Å²) in [6.45, 7) is 3.73. The molecule has 2 fully saturated rings. The van der Waals surface area contributed by atoms with E-state index < -0.39 is 0 Å². The van der Waals surface area contributed by atoms with Crippen LogP contribution in [0.15, 0.2) is 79.0 Å². The number of H-pyrrole nitrogens is 1. The number of hydrogen-bond acceptors (Lipinski definition) is 4. The Morgan fingerprint density at radius 1 is 0.800 bits per heavy atom. The predicted molar refractivity (Wildman–Crippen MR) is 165 cm³/mol. The summed E-state index contributed by atoms with van der Waals surface area (Å²) in [5, 5.41) is 5.16. The standard InChI is InChI=1S/C35H40N4O/c40-35(26-10-5-2-6-11-26)34(39-22-20-38(21-23-39)33-13-7-12-31-29(33)18-19-36-31)32-17-15-28-24-27(14-16-30(28)37-32)25-8-3-1-4-9-25/h1,3-4,7-9,12-14,16,18-19,24,26,32,34,36-37H,2,5-6,10-11,15,17,20-23H2. The van der Waals surface area contributed by atoms with Crippen molar-refractivity contribution in [1.82, 2.24) is 9.88 Å². The number of anilines is 2. The third kappa shape index (κ3) is 4.92. The van der Waals surface area contributed by atoms with Crippen molar-refractivity contribution in [2.75, 3.05) is 36.4 Å². The lowest BCUT2D eigenvalue weighted by molar-refractivity contribution is -0.130. The fourth-order valence-corrected chi connectivity index (χ4v) is 7.42. The second-order valence-corrected chi connectivity index (χ2v) is 11.9. The maximum Gasteiger partial charge on any atom is 0.155 e. The Morgan fingerprint density at radius 2 is 1.62 bits per heavy atom. The summed E-state index contributed by atoms with van der Waals surface area (Å²) in [7, 11) is 0. The molecule has 5 heteroatoms. The quantitative estimate of drug-likeness (QED) is 0.284. The molecule has 0 spiro atoms. The zero-order valence-corrected chi connectivity index (χ0v) is 23.3. The first-order chi connectivity index (χ1) is 19.7. The minimum Gasteiger partial charge on any atom is -0.380 e. The van der Waals surface area contributed by atoms with Gasteiger partial charge in [-0.05, 0) is 72.7 Å². The van der Waals surface area contributed by atoms with Gasteiger partial charge in [-0.1, -0.05) is 61.7 Å². The van der Waals surface area contributed by atoms with Gasteiger partial charge in [-0.15, -0.1) is 0 Å². The second-order valence-electron chi connectivity index (χ2n) is 11.9. The maximum atomic E-state index is 14.2. The molecule has 7 rings (SSSR count). The largest absolute Gasteiger partial charge is 0.380 e. The molecule has 1 saturated carbocycles. The molecule has 2 aliphatic heterocycles. The fraction of sp³-hybridized carbons (Fsp3) is 0.400. The lowest BCUT2D eigenvalue weighted by atomic mass is 9.79. The van der Waals surface area contributed by atoms with Crippen LogP contribution in [0.3, 0.4) is 0 Å². The summed E-state index contributed by atoms with van der Waals surface area (Å²) in [4.78, 5) is 22.6. The van der Waals surface area contributed by atoms with Crippen molar-refractivity contribution >= 4 is 28.1 Å². The van der Waals surface area contributed by atoms with E-state index in [2.05, 4.69) is 92.9 Å². The van der Waals surface area contributed by atoms with Crippen LogP contribution in [0, 0.1) is 5.92 Å². The summed E-state index contributed by atoms with van der Waals surface area (Å²) in [6, 6.07) is 26.2. The molecule has 0 radical (unpaired) electrons. The van der Waals surface area contributed by atoms with Crippen LogP contribution in [-0.4, -0.2) is 53.9 Å². The van der Waals surface area contributed by atoms with E-state index in [1.165, 1.54) is 58.2 Å². The second kappa shape index (κ2) is 11.1. The summed E-state index contributed by atoms with van der Waals surface area (Å²) in [6.07, 6.45) is 9.83. The zero-order valence-electron chi connectivity index (χ0n) is 23.3. The third-order valence-corrected chi connectivity index (χ3v) is 9.58. The van der Waals surface area contributed by atoms with Crippen LogP contribution in [0.5, 0.6) is 0 Å². The number of aromatic nitrogens is 1. The highest BCUT2D eigenvalue weighted by atomic mass is 16.1. The van der Waals surface area contributed by atoms with E-state index in [1.54, 1.807) is 0 Å². The van der Waals surface area contributed by atoms with Gasteiger partial charge in [0.25, 0.3) is 0 Å². The molecular formula is C35H40N4O. The Bertz CT molecular complexity index is 1460. The first-order valence-corrected chi connectivity index (χ1v) is 15.3. The van der Waals surface area contributed by atoms with Gasteiger partial charge in [-0.25, -0.2) is 0 Å². The van der Waals surface area contributed by atoms with Crippen LogP contribution in [0.4, 0.5) is 11.4 Å². The Labute approximate surface area is 237 Å². The van der Waals surface area contributed by atoms with Crippen molar-refractivity contribution in [1.29, 1.82) is 0 Å². The molecule has 3 aliphatic rings. The summed E-state index contributed by atoms with van der Waals surface area (Å²) >= 11 is 0. The smallest absolute Gasteiger partial charge is 0.155 e. The molecule has 1 aliphatic carbocycles. The molecule has 206 valence electrons. The number of hydrogen-bond donors (Lipinski definition) is 2. The van der Waals surface area contributed by atoms with Crippen molar-refractivity contribution in [2.24, 2.45) is 5.92 Å². The number of rotatable bonds is 6. The number of nitrogens with zero attached hydrogens (tertiary/aromatic N) is 2. The first kappa shape index (κ1) is 25.4. The van der Waals surface area contributed by atoms with E-state index in [0.29, 0.717) is 5.78 Å². The lowest BCUT2D eigenvalue weighted by Gasteiger charge is -2.45. The van der Waals surface area contributed by atoms with Gasteiger partial charge in [0.2, 0.25) is 0 Å². The lowest BCUT2D eigenvalue weighted by Crippen LogP contribution is -2.60. The molecule has 40 heavy (non-hydrogen) atoms. The molecule has 3 heterocycles. The van der Waals surface area contributed by atoms with E-state index in [1.807, 2.05) is 6.20 Å². The Hall–Kier alpha value is -3.57. The molecule has 1 aromatic heterocycles. The highest BCUT2D eigenvalue weighted by Gasteiger charge is 2.40. The number of nitrogens with one attached hydrogen (secondary N) is 2. The number of fused-ring (bicyclic) bond motifs is 2. The molecule has 0 bridgehead atoms. The van der Waals surface area contributed by atoms with Gasteiger partial charge >= 0.3 is 0 Å². The highest BCUT2D eigenvalue weighted by Crippen LogP contribution is 2.35. The number of benzene rings is 3. The molecule has 1 saturated heterocycles. The van der Waals surface area contributed by atoms with Crippen LogP contribution in [-0.2, 0) is 11.2 Å². The summed E-state index contributed by atoms with van der Waals surface area (Å²) < 4.78 is 0. The van der Waals surface area contributed by atoms with E-state index in [9.17, 15) is 4.79 Å². The van der Waals surface area contributed by atoms with Gasteiger partial charge in [0.15, 0.2) is 5.78 Å². The van der Waals surface area contributed by atoms with Crippen molar-refractivity contribution in [3.63, 3.8) is 0 Å². The molecule has 2 atom stereocenters. The van der Waals surface area contributed by atoms with Crippen molar-refractivity contribution in [2.45, 2.75) is 57.0 Å². The molecule has 2 N–H and O–H groups in total. The minimum absolute atomic E-state index is 0.0600. The van der Waals surface area contributed by atoms with Gasteiger partial charge in [0.1, 0.15) is 0 Å². The number of aromatic amines is 1. The van der Waals surface area contributed by atoms with Crippen LogP contribution < -0.4 is 10.2 Å². The van der Waals surface area contributed by atoms with Gasteiger partial charge in [0, 0.05) is 66.6 Å². The van der Waals surface area contributed by atoms with Gasteiger partial charge in [-0.2, -0.15) is 0 Å². The van der Waals surface area contributed by atoms with Gasteiger partial charge in [0.05, 0.1) is 6.04 Å². The van der Waals surface area contributed by atoms with E-state index in [4.69, 9.17) is 0 Å². The van der Waals surface area contributed by atoms with Crippen LogP contribution in [0.25, 0.3) is 22.0 Å². The molecule has 2 unspecified atom stereocenters. The average Bonchev–Trinajstić information content (AvgIpc) is 3.51. The van der Waals surface area contributed by atoms with Gasteiger partial charge in [-0.3, -0.25) is 9.69 Å². The zero-order chi connectivity index (χ0) is 26.9. The van der Waals surface area contributed by atoms with Crippen LogP contribution in [0.2, 0.25) is 0 Å². The topological polar surface area (TPSA) is 51.4 Å².